The third-order valence-electron chi connectivity index (χ3n) is 2.92. The lowest BCUT2D eigenvalue weighted by Gasteiger charge is -2.01. The zero-order valence-corrected chi connectivity index (χ0v) is 12.7. The Morgan fingerprint density at radius 2 is 2.00 bits per heavy atom. The van der Waals surface area contributed by atoms with Crippen LogP contribution in [0.25, 0.3) is 10.6 Å². The van der Waals surface area contributed by atoms with Gasteiger partial charge in [-0.05, 0) is 25.8 Å². The molecule has 1 aromatic heterocycles. The van der Waals surface area contributed by atoms with Gasteiger partial charge in [-0.2, -0.15) is 0 Å². The summed E-state index contributed by atoms with van der Waals surface area (Å²) in [6.45, 7) is 6.22. The maximum absolute atomic E-state index is 11.9. The van der Waals surface area contributed by atoms with E-state index in [9.17, 15) is 4.79 Å². The van der Waals surface area contributed by atoms with E-state index in [-0.39, 0.29) is 5.91 Å². The van der Waals surface area contributed by atoms with Crippen molar-refractivity contribution in [1.29, 1.82) is 0 Å². The fraction of sp³-hybridized carbons (Fsp3) is 0.333. The average molecular weight is 290 g/mol. The van der Waals surface area contributed by atoms with E-state index < -0.39 is 0 Å². The minimum atomic E-state index is -0.238. The molecule has 0 atom stereocenters. The van der Waals surface area contributed by atoms with Gasteiger partial charge in [-0.15, -0.1) is 11.3 Å². The molecule has 5 heteroatoms. The molecule has 0 spiro atoms. The van der Waals surface area contributed by atoms with Crippen molar-refractivity contribution in [1.82, 2.24) is 10.5 Å². The van der Waals surface area contributed by atoms with E-state index in [4.69, 9.17) is 4.84 Å². The minimum absolute atomic E-state index is 0.238. The van der Waals surface area contributed by atoms with Crippen molar-refractivity contribution in [2.75, 3.05) is 6.61 Å². The molecule has 0 saturated carbocycles. The molecule has 4 nitrogen and oxygen atoms in total. The van der Waals surface area contributed by atoms with Crippen LogP contribution >= 0.6 is 11.3 Å². The molecule has 0 unspecified atom stereocenters. The van der Waals surface area contributed by atoms with Crippen molar-refractivity contribution < 1.29 is 9.63 Å². The van der Waals surface area contributed by atoms with Gasteiger partial charge in [0.2, 0.25) is 0 Å². The number of nitrogens with one attached hydrogen (secondary N) is 1. The summed E-state index contributed by atoms with van der Waals surface area (Å²) in [5, 5.41) is 0.854. The standard InChI is InChI=1S/C15H18N2O2S/c1-4-11-6-8-12(9-7-11)15-16-10(3)13(20-15)14(18)17-19-5-2/h6-9H,4-5H2,1-3H3,(H,17,18). The Balaban J connectivity index is 2.23. The Bertz CT molecular complexity index is 590. The lowest BCUT2D eigenvalue weighted by Crippen LogP contribution is -2.23. The van der Waals surface area contributed by atoms with Crippen LogP contribution in [0, 0.1) is 6.92 Å². The van der Waals surface area contributed by atoms with Crippen LogP contribution in [0.4, 0.5) is 0 Å². The van der Waals surface area contributed by atoms with Gasteiger partial charge in [0, 0.05) is 5.56 Å². The van der Waals surface area contributed by atoms with Crippen LogP contribution in [0.3, 0.4) is 0 Å². The fourth-order valence-electron chi connectivity index (χ4n) is 1.80. The highest BCUT2D eigenvalue weighted by Gasteiger charge is 2.16. The first-order valence-corrected chi connectivity index (χ1v) is 7.46. The number of hydrogen-bond donors (Lipinski definition) is 1. The molecule has 20 heavy (non-hydrogen) atoms. The third kappa shape index (κ3) is 3.23. The maximum atomic E-state index is 11.9. The highest BCUT2D eigenvalue weighted by molar-refractivity contribution is 7.17. The molecular weight excluding hydrogens is 272 g/mol. The summed E-state index contributed by atoms with van der Waals surface area (Å²) in [5.41, 5.74) is 5.45. The molecule has 0 radical (unpaired) electrons. The number of amides is 1. The summed E-state index contributed by atoms with van der Waals surface area (Å²) < 4.78 is 0. The second-order valence-electron chi connectivity index (χ2n) is 4.35. The molecule has 0 aliphatic rings. The normalized spacial score (nSPS) is 10.6. The van der Waals surface area contributed by atoms with Crippen LogP contribution in [0.15, 0.2) is 24.3 Å². The van der Waals surface area contributed by atoms with Crippen LogP contribution in [-0.4, -0.2) is 17.5 Å². The summed E-state index contributed by atoms with van der Waals surface area (Å²) in [5.74, 6) is -0.238. The number of rotatable bonds is 5. The zero-order chi connectivity index (χ0) is 14.5. The summed E-state index contributed by atoms with van der Waals surface area (Å²) in [6, 6.07) is 8.26. The lowest BCUT2D eigenvalue weighted by atomic mass is 10.1. The van der Waals surface area contributed by atoms with Gasteiger partial charge in [-0.1, -0.05) is 31.2 Å². The van der Waals surface area contributed by atoms with E-state index in [1.807, 2.05) is 26.0 Å². The van der Waals surface area contributed by atoms with Gasteiger partial charge in [-0.3, -0.25) is 9.63 Å². The molecule has 0 aliphatic carbocycles. The van der Waals surface area contributed by atoms with E-state index in [2.05, 4.69) is 29.5 Å². The monoisotopic (exact) mass is 290 g/mol. The predicted octanol–water partition coefficient (Wildman–Crippen LogP) is 3.36. The maximum Gasteiger partial charge on any atom is 0.286 e. The van der Waals surface area contributed by atoms with Crippen molar-refractivity contribution in [2.45, 2.75) is 27.2 Å². The van der Waals surface area contributed by atoms with Crippen LogP contribution in [0.1, 0.15) is 34.8 Å². The van der Waals surface area contributed by atoms with Gasteiger partial charge in [0.05, 0.1) is 12.3 Å². The molecule has 2 rings (SSSR count). The number of nitrogens with zero attached hydrogens (tertiary/aromatic N) is 1. The van der Waals surface area contributed by atoms with Crippen molar-refractivity contribution in [3.63, 3.8) is 0 Å². The number of thiazole rings is 1. The minimum Gasteiger partial charge on any atom is -0.274 e. The Morgan fingerprint density at radius 1 is 1.30 bits per heavy atom. The number of aromatic nitrogens is 1. The quantitative estimate of drug-likeness (QED) is 0.859. The topological polar surface area (TPSA) is 51.2 Å². The molecule has 0 aliphatic heterocycles. The number of benzene rings is 1. The number of carbonyl (C=O) groups excluding carboxylic acids is 1. The lowest BCUT2D eigenvalue weighted by molar-refractivity contribution is 0.0367. The number of carbonyl (C=O) groups is 1. The first-order valence-electron chi connectivity index (χ1n) is 6.64. The van der Waals surface area contributed by atoms with Gasteiger partial charge in [0.15, 0.2) is 0 Å². The van der Waals surface area contributed by atoms with E-state index in [1.165, 1.54) is 16.9 Å². The molecule has 106 valence electrons. The van der Waals surface area contributed by atoms with E-state index in [0.29, 0.717) is 11.5 Å². The Morgan fingerprint density at radius 3 is 2.60 bits per heavy atom. The van der Waals surface area contributed by atoms with Crippen molar-refractivity contribution >= 4 is 17.2 Å². The molecule has 2 aromatic rings. The highest BCUT2D eigenvalue weighted by Crippen LogP contribution is 2.28. The summed E-state index contributed by atoms with van der Waals surface area (Å²) in [6.07, 6.45) is 1.01. The van der Waals surface area contributed by atoms with Gasteiger partial charge in [0.25, 0.3) is 5.91 Å². The molecule has 0 saturated heterocycles. The summed E-state index contributed by atoms with van der Waals surface area (Å²) in [4.78, 5) is 21.9. The van der Waals surface area contributed by atoms with E-state index >= 15 is 0 Å². The first-order chi connectivity index (χ1) is 9.65. The Hall–Kier alpha value is -1.72. The van der Waals surface area contributed by atoms with Gasteiger partial charge < -0.3 is 0 Å². The van der Waals surface area contributed by atoms with Gasteiger partial charge >= 0.3 is 0 Å². The molecule has 1 aromatic carbocycles. The first kappa shape index (κ1) is 14.7. The molecule has 0 fully saturated rings. The van der Waals surface area contributed by atoms with Crippen LogP contribution in [0.2, 0.25) is 0 Å². The van der Waals surface area contributed by atoms with Crippen LogP contribution in [-0.2, 0) is 11.3 Å². The van der Waals surface area contributed by atoms with Crippen molar-refractivity contribution in [2.24, 2.45) is 0 Å². The number of hydrogen-bond acceptors (Lipinski definition) is 4. The van der Waals surface area contributed by atoms with Crippen LogP contribution in [0.5, 0.6) is 0 Å². The molecule has 1 heterocycles. The van der Waals surface area contributed by atoms with E-state index in [0.717, 1.165) is 22.7 Å². The van der Waals surface area contributed by atoms with Crippen molar-refractivity contribution in [3.05, 3.63) is 40.4 Å². The molecule has 0 bridgehead atoms. The zero-order valence-electron chi connectivity index (χ0n) is 11.9. The third-order valence-corrected chi connectivity index (χ3v) is 4.13. The number of aryl methyl sites for hydroxylation is 2. The number of hydroxylamine groups is 1. The average Bonchev–Trinajstić information content (AvgIpc) is 2.87. The van der Waals surface area contributed by atoms with E-state index in [1.54, 1.807) is 0 Å². The van der Waals surface area contributed by atoms with Gasteiger partial charge in [0.1, 0.15) is 9.88 Å². The summed E-state index contributed by atoms with van der Waals surface area (Å²) >= 11 is 1.38. The molecular formula is C15H18N2O2S. The van der Waals surface area contributed by atoms with Gasteiger partial charge in [-0.25, -0.2) is 10.5 Å². The summed E-state index contributed by atoms with van der Waals surface area (Å²) in [7, 11) is 0. The van der Waals surface area contributed by atoms with Crippen molar-refractivity contribution in [3.8, 4) is 10.6 Å². The van der Waals surface area contributed by atoms with Crippen LogP contribution < -0.4 is 5.48 Å². The SMILES string of the molecule is CCONC(=O)c1sc(-c2ccc(CC)cc2)nc1C. The highest BCUT2D eigenvalue weighted by atomic mass is 32.1. The fourth-order valence-corrected chi connectivity index (χ4v) is 2.76. The second-order valence-corrected chi connectivity index (χ2v) is 5.35. The molecule has 1 N–H and O–H groups in total. The molecule has 1 amide bonds. The smallest absolute Gasteiger partial charge is 0.274 e. The largest absolute Gasteiger partial charge is 0.286 e. The second kappa shape index (κ2) is 6.63. The predicted molar refractivity (Wildman–Crippen MR) is 80.8 cm³/mol. The Labute approximate surface area is 122 Å². The Kier molecular flexibility index (Phi) is 4.87.